The highest BCUT2D eigenvalue weighted by atomic mass is 16.5. The van der Waals surface area contributed by atoms with E-state index in [4.69, 9.17) is 0 Å². The van der Waals surface area contributed by atoms with Crippen molar-refractivity contribution in [2.24, 2.45) is 0 Å². The predicted octanol–water partition coefficient (Wildman–Crippen LogP) is 0.739. The molecule has 1 aromatic carbocycles. The Balaban J connectivity index is 2.43. The largest absolute Gasteiger partial charge is 0.465 e. The van der Waals surface area contributed by atoms with Gasteiger partial charge >= 0.3 is 5.97 Å². The Labute approximate surface area is 123 Å². The zero-order valence-corrected chi connectivity index (χ0v) is 12.0. The second-order valence-electron chi connectivity index (χ2n) is 4.22. The van der Waals surface area contributed by atoms with E-state index in [0.717, 1.165) is 5.56 Å². The first-order valence-electron chi connectivity index (χ1n) is 6.41. The van der Waals surface area contributed by atoms with Gasteiger partial charge in [-0.05, 0) is 23.8 Å². The van der Waals surface area contributed by atoms with E-state index in [1.165, 1.54) is 20.1 Å². The molecule has 2 amide bonds. The molecule has 0 bridgehead atoms. The van der Waals surface area contributed by atoms with Gasteiger partial charge in [-0.25, -0.2) is 4.79 Å². The second-order valence-corrected chi connectivity index (χ2v) is 4.22. The van der Waals surface area contributed by atoms with Gasteiger partial charge in [0.25, 0.3) is 0 Å². The summed E-state index contributed by atoms with van der Waals surface area (Å²) in [6, 6.07) is 6.68. The third-order valence-corrected chi connectivity index (χ3v) is 2.56. The predicted molar refractivity (Wildman–Crippen MR) is 78.5 cm³/mol. The number of hydrogen-bond acceptors (Lipinski definition) is 4. The lowest BCUT2D eigenvalue weighted by Gasteiger charge is -2.02. The molecule has 0 atom stereocenters. The van der Waals surface area contributed by atoms with E-state index >= 15 is 0 Å². The smallest absolute Gasteiger partial charge is 0.337 e. The molecule has 2 N–H and O–H groups in total. The van der Waals surface area contributed by atoms with Crippen molar-refractivity contribution in [2.75, 3.05) is 20.2 Å². The quantitative estimate of drug-likeness (QED) is 0.460. The van der Waals surface area contributed by atoms with Gasteiger partial charge in [0.1, 0.15) is 0 Å². The van der Waals surface area contributed by atoms with Crippen LogP contribution in [0.3, 0.4) is 0 Å². The minimum absolute atomic E-state index is 0.134. The summed E-state index contributed by atoms with van der Waals surface area (Å²) in [6.45, 7) is 2.17. The van der Waals surface area contributed by atoms with Crippen LogP contribution in [-0.4, -0.2) is 38.0 Å². The molecular formula is C15H18N2O4. The number of methoxy groups -OCH3 is 1. The van der Waals surface area contributed by atoms with Gasteiger partial charge in [-0.1, -0.05) is 12.1 Å². The van der Waals surface area contributed by atoms with E-state index < -0.39 is 5.97 Å². The Morgan fingerprint density at radius 3 is 2.29 bits per heavy atom. The number of benzene rings is 1. The average Bonchev–Trinajstić information content (AvgIpc) is 2.49. The molecule has 0 aliphatic rings. The van der Waals surface area contributed by atoms with Crippen LogP contribution in [0, 0.1) is 0 Å². The van der Waals surface area contributed by atoms with Gasteiger partial charge in [0.2, 0.25) is 11.8 Å². The number of hydrogen-bond donors (Lipinski definition) is 2. The number of esters is 1. The molecule has 21 heavy (non-hydrogen) atoms. The van der Waals surface area contributed by atoms with E-state index in [2.05, 4.69) is 15.4 Å². The number of carbonyl (C=O) groups excluding carboxylic acids is 3. The summed E-state index contributed by atoms with van der Waals surface area (Å²) < 4.78 is 4.60. The van der Waals surface area contributed by atoms with Crippen molar-refractivity contribution in [3.05, 3.63) is 41.5 Å². The summed E-state index contributed by atoms with van der Waals surface area (Å²) >= 11 is 0. The molecule has 0 saturated carbocycles. The number of nitrogens with one attached hydrogen (secondary N) is 2. The zero-order chi connectivity index (χ0) is 15.7. The van der Waals surface area contributed by atoms with Crippen molar-refractivity contribution in [3.63, 3.8) is 0 Å². The minimum Gasteiger partial charge on any atom is -0.465 e. The Morgan fingerprint density at radius 2 is 1.71 bits per heavy atom. The molecule has 0 aliphatic carbocycles. The van der Waals surface area contributed by atoms with Gasteiger partial charge in [-0.15, -0.1) is 0 Å². The Kier molecular flexibility index (Phi) is 6.67. The van der Waals surface area contributed by atoms with Crippen molar-refractivity contribution in [2.45, 2.75) is 6.92 Å². The minimum atomic E-state index is -0.402. The number of rotatable bonds is 6. The summed E-state index contributed by atoms with van der Waals surface area (Å²) in [5, 5.41) is 5.21. The van der Waals surface area contributed by atoms with Crippen molar-refractivity contribution >= 4 is 23.9 Å². The van der Waals surface area contributed by atoms with E-state index in [0.29, 0.717) is 18.7 Å². The molecule has 6 heteroatoms. The van der Waals surface area contributed by atoms with Crippen LogP contribution in [-0.2, 0) is 14.3 Å². The van der Waals surface area contributed by atoms with Crippen LogP contribution in [0.4, 0.5) is 0 Å². The first kappa shape index (κ1) is 16.4. The van der Waals surface area contributed by atoms with E-state index in [-0.39, 0.29) is 11.8 Å². The summed E-state index contributed by atoms with van der Waals surface area (Å²) in [7, 11) is 1.32. The molecule has 0 saturated heterocycles. The van der Waals surface area contributed by atoms with Crippen LogP contribution in [0.2, 0.25) is 0 Å². The first-order chi connectivity index (χ1) is 10.0. The maximum Gasteiger partial charge on any atom is 0.337 e. The SMILES string of the molecule is COC(=O)c1ccc(/C=C/C(=O)NCCNC(C)=O)cc1. The fourth-order valence-corrected chi connectivity index (χ4v) is 1.50. The van der Waals surface area contributed by atoms with Gasteiger partial charge in [-0.3, -0.25) is 9.59 Å². The van der Waals surface area contributed by atoms with E-state index in [1.54, 1.807) is 30.3 Å². The molecule has 1 rings (SSSR count). The van der Waals surface area contributed by atoms with E-state index in [1.807, 2.05) is 0 Å². The number of carbonyl (C=O) groups is 3. The highest BCUT2D eigenvalue weighted by Crippen LogP contribution is 2.07. The lowest BCUT2D eigenvalue weighted by molar-refractivity contribution is -0.119. The Morgan fingerprint density at radius 1 is 1.10 bits per heavy atom. The molecule has 6 nitrogen and oxygen atoms in total. The highest BCUT2D eigenvalue weighted by Gasteiger charge is 2.03. The average molecular weight is 290 g/mol. The standard InChI is InChI=1S/C15H18N2O4/c1-11(18)16-9-10-17-14(19)8-5-12-3-6-13(7-4-12)15(20)21-2/h3-8H,9-10H2,1-2H3,(H,16,18)(H,17,19)/b8-5+. The maximum absolute atomic E-state index is 11.5. The second kappa shape index (κ2) is 8.52. The van der Waals surface area contributed by atoms with Crippen molar-refractivity contribution in [1.82, 2.24) is 10.6 Å². The Hall–Kier alpha value is -2.63. The van der Waals surface area contributed by atoms with Crippen LogP contribution in [0.15, 0.2) is 30.3 Å². The summed E-state index contributed by atoms with van der Waals surface area (Å²) in [5.41, 5.74) is 1.24. The maximum atomic E-state index is 11.5. The molecule has 0 radical (unpaired) electrons. The zero-order valence-electron chi connectivity index (χ0n) is 12.0. The van der Waals surface area contributed by atoms with Gasteiger partial charge in [0, 0.05) is 26.1 Å². The lowest BCUT2D eigenvalue weighted by atomic mass is 10.1. The van der Waals surface area contributed by atoms with Crippen LogP contribution in [0.25, 0.3) is 6.08 Å². The summed E-state index contributed by atoms with van der Waals surface area (Å²) in [5.74, 6) is -0.788. The number of amides is 2. The molecule has 0 spiro atoms. The molecule has 0 unspecified atom stereocenters. The van der Waals surface area contributed by atoms with Gasteiger partial charge in [0.05, 0.1) is 12.7 Å². The molecule has 0 aliphatic heterocycles. The summed E-state index contributed by atoms with van der Waals surface area (Å²) in [4.78, 5) is 33.4. The van der Waals surface area contributed by atoms with Crippen LogP contribution in [0.1, 0.15) is 22.8 Å². The van der Waals surface area contributed by atoms with Gasteiger partial charge in [-0.2, -0.15) is 0 Å². The monoisotopic (exact) mass is 290 g/mol. The van der Waals surface area contributed by atoms with Crippen LogP contribution in [0.5, 0.6) is 0 Å². The lowest BCUT2D eigenvalue weighted by Crippen LogP contribution is -2.32. The van der Waals surface area contributed by atoms with Crippen LogP contribution < -0.4 is 10.6 Å². The molecule has 0 fully saturated rings. The van der Waals surface area contributed by atoms with Gasteiger partial charge < -0.3 is 15.4 Å². The number of ether oxygens (including phenoxy) is 1. The molecule has 112 valence electrons. The topological polar surface area (TPSA) is 84.5 Å². The fraction of sp³-hybridized carbons (Fsp3) is 0.267. The highest BCUT2D eigenvalue weighted by molar-refractivity contribution is 5.92. The van der Waals surface area contributed by atoms with Gasteiger partial charge in [0.15, 0.2) is 0 Å². The van der Waals surface area contributed by atoms with Crippen molar-refractivity contribution < 1.29 is 19.1 Å². The third kappa shape index (κ3) is 6.38. The summed E-state index contributed by atoms with van der Waals surface area (Å²) in [6.07, 6.45) is 3.02. The fourth-order valence-electron chi connectivity index (χ4n) is 1.50. The molecule has 1 aromatic rings. The normalized spacial score (nSPS) is 10.2. The molecular weight excluding hydrogens is 272 g/mol. The Bertz CT molecular complexity index is 535. The van der Waals surface area contributed by atoms with Crippen molar-refractivity contribution in [1.29, 1.82) is 0 Å². The molecule has 0 aromatic heterocycles. The third-order valence-electron chi connectivity index (χ3n) is 2.56. The van der Waals surface area contributed by atoms with Crippen LogP contribution >= 0.6 is 0 Å². The molecule has 0 heterocycles. The first-order valence-corrected chi connectivity index (χ1v) is 6.41. The van der Waals surface area contributed by atoms with E-state index in [9.17, 15) is 14.4 Å². The van der Waals surface area contributed by atoms with Crippen molar-refractivity contribution in [3.8, 4) is 0 Å².